The smallest absolute Gasteiger partial charge is 0.318 e. The molecule has 0 spiro atoms. The molecule has 5 fully saturated rings. The van der Waals surface area contributed by atoms with E-state index in [1.807, 2.05) is 12.2 Å². The minimum Gasteiger partial charge on any atom is -0.466 e. The molecule has 2 saturated heterocycles. The van der Waals surface area contributed by atoms with Gasteiger partial charge in [-0.1, -0.05) is 12.2 Å². The molecule has 8 heteroatoms. The van der Waals surface area contributed by atoms with Crippen LogP contribution in [0.5, 0.6) is 0 Å². The van der Waals surface area contributed by atoms with E-state index in [2.05, 4.69) is 14.2 Å². The summed E-state index contributed by atoms with van der Waals surface area (Å²) in [6, 6.07) is 0. The molecular formula is C22H26O8. The maximum atomic E-state index is 11.2. The van der Waals surface area contributed by atoms with Gasteiger partial charge in [0.25, 0.3) is 0 Å². The van der Waals surface area contributed by atoms with Gasteiger partial charge in [0, 0.05) is 6.92 Å². The Kier molecular flexibility index (Phi) is 5.51. The van der Waals surface area contributed by atoms with Gasteiger partial charge in [-0.15, -0.1) is 0 Å². The molecule has 6 rings (SSSR count). The van der Waals surface area contributed by atoms with E-state index in [0.29, 0.717) is 18.4 Å². The monoisotopic (exact) mass is 418 g/mol. The van der Waals surface area contributed by atoms with E-state index in [-0.39, 0.29) is 65.4 Å². The Balaban J connectivity index is 0.000000116. The van der Waals surface area contributed by atoms with Crippen LogP contribution in [-0.2, 0) is 38.2 Å². The highest BCUT2D eigenvalue weighted by Crippen LogP contribution is 2.55. The van der Waals surface area contributed by atoms with Gasteiger partial charge in [0.15, 0.2) is 0 Å². The maximum absolute atomic E-state index is 11.2. The summed E-state index contributed by atoms with van der Waals surface area (Å²) >= 11 is 0. The zero-order valence-corrected chi connectivity index (χ0v) is 17.1. The molecule has 0 aromatic rings. The Bertz CT molecular complexity index is 760. The van der Waals surface area contributed by atoms with Gasteiger partial charge in [0.1, 0.15) is 0 Å². The van der Waals surface area contributed by atoms with Gasteiger partial charge in [0.05, 0.1) is 30.3 Å². The summed E-state index contributed by atoms with van der Waals surface area (Å²) in [4.78, 5) is 54.6. The van der Waals surface area contributed by atoms with Crippen molar-refractivity contribution in [1.82, 2.24) is 0 Å². The summed E-state index contributed by atoms with van der Waals surface area (Å²) in [6.45, 7) is 3.65. The second-order valence-corrected chi connectivity index (χ2v) is 8.79. The fourth-order valence-electron chi connectivity index (χ4n) is 6.11. The molecular weight excluding hydrogens is 392 g/mol. The molecule has 6 aliphatic rings. The fourth-order valence-corrected chi connectivity index (χ4v) is 6.11. The van der Waals surface area contributed by atoms with Crippen LogP contribution in [0.15, 0.2) is 12.2 Å². The molecule has 0 aromatic carbocycles. The van der Waals surface area contributed by atoms with Crippen molar-refractivity contribution in [2.24, 2.45) is 47.3 Å². The van der Waals surface area contributed by atoms with Gasteiger partial charge >= 0.3 is 29.8 Å². The van der Waals surface area contributed by atoms with Crippen LogP contribution >= 0.6 is 0 Å². The van der Waals surface area contributed by atoms with E-state index in [9.17, 15) is 24.0 Å². The van der Waals surface area contributed by atoms with Gasteiger partial charge in [-0.2, -0.15) is 0 Å². The molecule has 2 aliphatic heterocycles. The highest BCUT2D eigenvalue weighted by molar-refractivity contribution is 5.98. The Hall–Kier alpha value is -2.51. The van der Waals surface area contributed by atoms with E-state index in [1.165, 1.54) is 6.92 Å². The minimum atomic E-state index is -0.304. The van der Waals surface area contributed by atoms with Crippen molar-refractivity contribution < 1.29 is 38.2 Å². The summed E-state index contributed by atoms with van der Waals surface area (Å²) in [5.41, 5.74) is 0. The van der Waals surface area contributed by atoms with Crippen LogP contribution < -0.4 is 0 Å². The lowest BCUT2D eigenvalue weighted by Crippen LogP contribution is -2.24. The number of cyclic esters (lactones) is 4. The highest BCUT2D eigenvalue weighted by atomic mass is 16.6. The number of hydrogen-bond acceptors (Lipinski definition) is 8. The van der Waals surface area contributed by atoms with E-state index in [0.717, 1.165) is 25.7 Å². The average molecular weight is 418 g/mol. The first-order chi connectivity index (χ1) is 14.3. The molecule has 4 aliphatic carbocycles. The molecule has 3 saturated carbocycles. The van der Waals surface area contributed by atoms with Crippen LogP contribution in [0.3, 0.4) is 0 Å². The summed E-state index contributed by atoms with van der Waals surface area (Å²) in [6.07, 6.45) is 8.38. The van der Waals surface area contributed by atoms with Gasteiger partial charge in [0.2, 0.25) is 0 Å². The van der Waals surface area contributed by atoms with E-state index >= 15 is 0 Å². The molecule has 4 bridgehead atoms. The summed E-state index contributed by atoms with van der Waals surface area (Å²) in [5, 5.41) is 0. The van der Waals surface area contributed by atoms with E-state index < -0.39 is 0 Å². The second-order valence-electron chi connectivity index (χ2n) is 8.79. The molecule has 4 unspecified atom stereocenters. The number of fused-ring (bicyclic) bond motifs is 10. The number of carbonyl (C=O) groups is 5. The van der Waals surface area contributed by atoms with Gasteiger partial charge < -0.3 is 14.2 Å². The first-order valence-corrected chi connectivity index (χ1v) is 10.6. The SMILES string of the molecule is CCOC(C)=O.O=C1OC(=O)[C@H]2C3C=CC(C3)[C@@H]12.O=C1OC(=O)[C@H]2C3CCC(C3)[C@@H]12. The van der Waals surface area contributed by atoms with Crippen LogP contribution in [0, 0.1) is 47.3 Å². The Labute approximate surface area is 174 Å². The predicted octanol–water partition coefficient (Wildman–Crippen LogP) is 1.81. The van der Waals surface area contributed by atoms with Crippen molar-refractivity contribution in [3.63, 3.8) is 0 Å². The quantitative estimate of drug-likeness (QED) is 0.274. The molecule has 0 amide bonds. The van der Waals surface area contributed by atoms with Gasteiger partial charge in [-0.3, -0.25) is 24.0 Å². The molecule has 0 N–H and O–H groups in total. The summed E-state index contributed by atoms with van der Waals surface area (Å²) < 4.78 is 13.6. The summed E-state index contributed by atoms with van der Waals surface area (Å²) in [5.74, 6) is -0.265. The number of allylic oxidation sites excluding steroid dienone is 2. The molecule has 8 atom stereocenters. The second kappa shape index (κ2) is 7.96. The van der Waals surface area contributed by atoms with Crippen molar-refractivity contribution in [3.8, 4) is 0 Å². The third-order valence-corrected chi connectivity index (χ3v) is 7.21. The first kappa shape index (κ1) is 20.8. The normalized spacial score (nSPS) is 40.7. The van der Waals surface area contributed by atoms with Crippen molar-refractivity contribution in [3.05, 3.63) is 12.2 Å². The van der Waals surface area contributed by atoms with E-state index in [4.69, 9.17) is 0 Å². The Morgan fingerprint density at radius 3 is 1.63 bits per heavy atom. The van der Waals surface area contributed by atoms with Crippen molar-refractivity contribution >= 4 is 29.8 Å². The number of hydrogen-bond donors (Lipinski definition) is 0. The fraction of sp³-hybridized carbons (Fsp3) is 0.682. The minimum absolute atomic E-state index is 0.0590. The molecule has 2 heterocycles. The lowest BCUT2D eigenvalue weighted by molar-refractivity contribution is -0.156. The van der Waals surface area contributed by atoms with Crippen molar-refractivity contribution in [2.75, 3.05) is 6.61 Å². The van der Waals surface area contributed by atoms with E-state index in [1.54, 1.807) is 6.92 Å². The number of ether oxygens (including phenoxy) is 3. The largest absolute Gasteiger partial charge is 0.466 e. The van der Waals surface area contributed by atoms with Crippen molar-refractivity contribution in [2.45, 2.75) is 39.5 Å². The number of rotatable bonds is 1. The molecule has 0 aromatic heterocycles. The maximum Gasteiger partial charge on any atom is 0.318 e. The lowest BCUT2D eigenvalue weighted by Gasteiger charge is -2.17. The highest BCUT2D eigenvalue weighted by Gasteiger charge is 2.60. The zero-order chi connectivity index (χ0) is 21.6. The number of carbonyl (C=O) groups excluding carboxylic acids is 5. The van der Waals surface area contributed by atoms with Crippen molar-refractivity contribution in [1.29, 1.82) is 0 Å². The van der Waals surface area contributed by atoms with Crippen LogP contribution in [-0.4, -0.2) is 36.5 Å². The zero-order valence-electron chi connectivity index (χ0n) is 17.1. The Morgan fingerprint density at radius 1 is 0.833 bits per heavy atom. The average Bonchev–Trinajstić information content (AvgIpc) is 3.49. The Morgan fingerprint density at radius 2 is 1.27 bits per heavy atom. The van der Waals surface area contributed by atoms with Gasteiger partial charge in [-0.25, -0.2) is 0 Å². The topological polar surface area (TPSA) is 113 Å². The molecule has 0 radical (unpaired) electrons. The van der Waals surface area contributed by atoms with Crippen LogP contribution in [0.1, 0.15) is 39.5 Å². The molecule has 8 nitrogen and oxygen atoms in total. The third-order valence-electron chi connectivity index (χ3n) is 7.21. The first-order valence-electron chi connectivity index (χ1n) is 10.6. The number of esters is 5. The molecule has 30 heavy (non-hydrogen) atoms. The van der Waals surface area contributed by atoms with Crippen LogP contribution in [0.4, 0.5) is 0 Å². The molecule has 162 valence electrons. The van der Waals surface area contributed by atoms with Crippen LogP contribution in [0.25, 0.3) is 0 Å². The van der Waals surface area contributed by atoms with Gasteiger partial charge in [-0.05, 0) is 56.3 Å². The lowest BCUT2D eigenvalue weighted by atomic mass is 9.81. The standard InChI is InChI=1S/C9H10O3.C9H8O3.C4H8O2/c2*10-8-6-4-1-2-5(3-4)7(6)9(11)12-8;1-3-6-4(2)5/h4-7H,1-3H2;1-2,4-7H,3H2;3H2,1-2H3/t2*4?,5?,6-,7+;. The third kappa shape index (κ3) is 3.46. The predicted molar refractivity (Wildman–Crippen MR) is 100 cm³/mol. The van der Waals surface area contributed by atoms with Crippen LogP contribution in [0.2, 0.25) is 0 Å². The summed E-state index contributed by atoms with van der Waals surface area (Å²) in [7, 11) is 0.